The number of aliphatic imine (C=N–C) groups is 1. The van der Waals surface area contributed by atoms with Crippen LogP contribution in [-0.2, 0) is 9.53 Å². The average molecular weight is 497 g/mol. The highest BCUT2D eigenvalue weighted by atomic mass is 127. The van der Waals surface area contributed by atoms with Crippen molar-refractivity contribution in [1.82, 2.24) is 10.6 Å². The van der Waals surface area contributed by atoms with Crippen molar-refractivity contribution in [2.24, 2.45) is 22.7 Å². The van der Waals surface area contributed by atoms with Crippen molar-refractivity contribution in [3.63, 3.8) is 0 Å². The van der Waals surface area contributed by atoms with Gasteiger partial charge in [-0.1, -0.05) is 13.8 Å². The molecule has 0 heterocycles. The highest BCUT2D eigenvalue weighted by molar-refractivity contribution is 14.0. The van der Waals surface area contributed by atoms with E-state index in [0.717, 1.165) is 57.6 Å². The number of nitrogens with one attached hydrogen (secondary N) is 2. The Bertz CT molecular complexity index is 425. The SMILES string of the molecule is CCNC(=NCC(CCO)CC(C)C)NC1CCC(C(=O)OCC)CC1.I. The maximum atomic E-state index is 11.9. The Hall–Kier alpha value is -0.570. The molecule has 0 saturated heterocycles. The predicted octanol–water partition coefficient (Wildman–Crippen LogP) is 3.33. The highest BCUT2D eigenvalue weighted by Crippen LogP contribution is 2.25. The zero-order valence-corrected chi connectivity index (χ0v) is 19.8. The summed E-state index contributed by atoms with van der Waals surface area (Å²) in [7, 11) is 0. The summed E-state index contributed by atoms with van der Waals surface area (Å²) in [5.41, 5.74) is 0. The molecule has 1 aliphatic rings. The summed E-state index contributed by atoms with van der Waals surface area (Å²) < 4.78 is 5.14. The van der Waals surface area contributed by atoms with Crippen molar-refractivity contribution in [2.45, 2.75) is 72.3 Å². The normalized spacial score (nSPS) is 21.3. The summed E-state index contributed by atoms with van der Waals surface area (Å²) in [4.78, 5) is 16.6. The van der Waals surface area contributed by atoms with Crippen LogP contribution in [-0.4, -0.2) is 49.4 Å². The van der Waals surface area contributed by atoms with Crippen molar-refractivity contribution in [1.29, 1.82) is 0 Å². The van der Waals surface area contributed by atoms with Crippen LogP contribution < -0.4 is 10.6 Å². The molecule has 0 aliphatic heterocycles. The number of ether oxygens (including phenoxy) is 1. The van der Waals surface area contributed by atoms with E-state index in [2.05, 4.69) is 31.4 Å². The number of aliphatic hydroxyl groups is 1. The molecule has 0 amide bonds. The van der Waals surface area contributed by atoms with E-state index in [-0.39, 0.29) is 42.5 Å². The highest BCUT2D eigenvalue weighted by Gasteiger charge is 2.27. The third-order valence-corrected chi connectivity index (χ3v) is 4.88. The van der Waals surface area contributed by atoms with Gasteiger partial charge in [0.1, 0.15) is 0 Å². The Kier molecular flexibility index (Phi) is 15.0. The van der Waals surface area contributed by atoms with E-state index < -0.39 is 0 Å². The Labute approximate surface area is 182 Å². The van der Waals surface area contributed by atoms with Gasteiger partial charge >= 0.3 is 5.97 Å². The van der Waals surface area contributed by atoms with Gasteiger partial charge in [-0.25, -0.2) is 0 Å². The molecule has 1 rings (SSSR count). The number of rotatable bonds is 10. The van der Waals surface area contributed by atoms with Crippen LogP contribution in [0.1, 0.15) is 66.2 Å². The number of carbonyl (C=O) groups is 1. The fourth-order valence-electron chi connectivity index (χ4n) is 3.60. The minimum absolute atomic E-state index is 0. The lowest BCUT2D eigenvalue weighted by Gasteiger charge is -2.29. The Balaban J connectivity index is 0.00000676. The molecule has 7 heteroatoms. The van der Waals surface area contributed by atoms with Crippen LogP contribution in [0.4, 0.5) is 0 Å². The summed E-state index contributed by atoms with van der Waals surface area (Å²) in [5.74, 6) is 1.86. The first-order chi connectivity index (χ1) is 12.5. The van der Waals surface area contributed by atoms with Crippen LogP contribution in [0, 0.1) is 17.8 Å². The second-order valence-electron chi connectivity index (χ2n) is 7.67. The molecule has 27 heavy (non-hydrogen) atoms. The Morgan fingerprint density at radius 3 is 2.41 bits per heavy atom. The molecule has 1 unspecified atom stereocenters. The molecule has 1 saturated carbocycles. The molecule has 0 aromatic heterocycles. The topological polar surface area (TPSA) is 83.0 Å². The predicted molar refractivity (Wildman–Crippen MR) is 122 cm³/mol. The van der Waals surface area contributed by atoms with Crippen LogP contribution in [0.15, 0.2) is 4.99 Å². The molecule has 0 aromatic carbocycles. The number of hydrogen-bond acceptors (Lipinski definition) is 4. The first-order valence-corrected chi connectivity index (χ1v) is 10.3. The molecule has 1 aliphatic carbocycles. The van der Waals surface area contributed by atoms with Gasteiger partial charge in [-0.05, 0) is 64.2 Å². The molecule has 1 atom stereocenters. The second kappa shape index (κ2) is 15.4. The van der Waals surface area contributed by atoms with Gasteiger partial charge in [0.05, 0.1) is 12.5 Å². The number of aliphatic hydroxyl groups excluding tert-OH is 1. The zero-order chi connectivity index (χ0) is 19.4. The fraction of sp³-hybridized carbons (Fsp3) is 0.900. The molecule has 3 N–H and O–H groups in total. The molecule has 0 spiro atoms. The monoisotopic (exact) mass is 497 g/mol. The van der Waals surface area contributed by atoms with E-state index in [4.69, 9.17) is 9.73 Å². The molecule has 0 bridgehead atoms. The minimum atomic E-state index is -0.0490. The molecule has 0 radical (unpaired) electrons. The minimum Gasteiger partial charge on any atom is -0.466 e. The summed E-state index contributed by atoms with van der Waals surface area (Å²) in [6.07, 6.45) is 5.53. The number of halogens is 1. The van der Waals surface area contributed by atoms with Gasteiger partial charge in [0.15, 0.2) is 5.96 Å². The number of esters is 1. The summed E-state index contributed by atoms with van der Waals surface area (Å²) >= 11 is 0. The maximum absolute atomic E-state index is 11.9. The standard InChI is InChI=1S/C20H39N3O3.HI/c1-5-21-20(22-14-16(11-12-24)13-15(3)4)23-18-9-7-17(8-10-18)19(25)26-6-2;/h15-18,24H,5-14H2,1-4H3,(H2,21,22,23);1H. The van der Waals surface area contributed by atoms with Gasteiger partial charge in [0.25, 0.3) is 0 Å². The van der Waals surface area contributed by atoms with Crippen LogP contribution in [0.25, 0.3) is 0 Å². The molecule has 160 valence electrons. The molecule has 6 nitrogen and oxygen atoms in total. The van der Waals surface area contributed by atoms with Crippen LogP contribution in [0.2, 0.25) is 0 Å². The largest absolute Gasteiger partial charge is 0.466 e. The lowest BCUT2D eigenvalue weighted by Crippen LogP contribution is -2.45. The fourth-order valence-corrected chi connectivity index (χ4v) is 3.60. The quantitative estimate of drug-likeness (QED) is 0.187. The lowest BCUT2D eigenvalue weighted by molar-refractivity contribution is -0.149. The smallest absolute Gasteiger partial charge is 0.308 e. The van der Waals surface area contributed by atoms with Gasteiger partial charge in [0.2, 0.25) is 0 Å². The summed E-state index contributed by atoms with van der Waals surface area (Å²) in [6.45, 7) is 10.6. The van der Waals surface area contributed by atoms with E-state index in [1.54, 1.807) is 0 Å². The van der Waals surface area contributed by atoms with Crippen molar-refractivity contribution >= 4 is 35.9 Å². The van der Waals surface area contributed by atoms with Crippen molar-refractivity contribution in [2.75, 3.05) is 26.3 Å². The van der Waals surface area contributed by atoms with Crippen molar-refractivity contribution in [3.8, 4) is 0 Å². The average Bonchev–Trinajstić information content (AvgIpc) is 2.60. The van der Waals surface area contributed by atoms with E-state index in [9.17, 15) is 9.90 Å². The number of nitrogens with zero attached hydrogens (tertiary/aromatic N) is 1. The third kappa shape index (κ3) is 11.1. The van der Waals surface area contributed by atoms with E-state index in [1.165, 1.54) is 0 Å². The van der Waals surface area contributed by atoms with Crippen LogP contribution in [0.3, 0.4) is 0 Å². The molecule has 0 aromatic rings. The van der Waals surface area contributed by atoms with Gasteiger partial charge in [-0.2, -0.15) is 0 Å². The maximum Gasteiger partial charge on any atom is 0.308 e. The van der Waals surface area contributed by atoms with Gasteiger partial charge in [-0.15, -0.1) is 24.0 Å². The molecule has 1 fully saturated rings. The van der Waals surface area contributed by atoms with Crippen LogP contribution >= 0.6 is 24.0 Å². The van der Waals surface area contributed by atoms with Gasteiger partial charge in [0, 0.05) is 25.7 Å². The first-order valence-electron chi connectivity index (χ1n) is 10.3. The molecular weight excluding hydrogens is 457 g/mol. The lowest BCUT2D eigenvalue weighted by atomic mass is 9.86. The summed E-state index contributed by atoms with van der Waals surface area (Å²) in [5, 5.41) is 16.1. The van der Waals surface area contributed by atoms with Gasteiger partial charge < -0.3 is 20.5 Å². The Morgan fingerprint density at radius 1 is 1.22 bits per heavy atom. The number of carbonyl (C=O) groups excluding carboxylic acids is 1. The van der Waals surface area contributed by atoms with E-state index in [1.807, 2.05) is 6.92 Å². The third-order valence-electron chi connectivity index (χ3n) is 4.88. The Morgan fingerprint density at radius 2 is 1.89 bits per heavy atom. The number of hydrogen-bond donors (Lipinski definition) is 3. The van der Waals surface area contributed by atoms with Crippen molar-refractivity contribution in [3.05, 3.63) is 0 Å². The van der Waals surface area contributed by atoms with Gasteiger partial charge in [-0.3, -0.25) is 9.79 Å². The van der Waals surface area contributed by atoms with E-state index >= 15 is 0 Å². The second-order valence-corrected chi connectivity index (χ2v) is 7.67. The first kappa shape index (κ1) is 26.4. The van der Waals surface area contributed by atoms with Crippen LogP contribution in [0.5, 0.6) is 0 Å². The molecular formula is C20H40IN3O3. The van der Waals surface area contributed by atoms with E-state index in [0.29, 0.717) is 24.5 Å². The van der Waals surface area contributed by atoms with Crippen molar-refractivity contribution < 1.29 is 14.6 Å². The summed E-state index contributed by atoms with van der Waals surface area (Å²) in [6, 6.07) is 0.347. The zero-order valence-electron chi connectivity index (χ0n) is 17.5. The number of guanidine groups is 1.